The summed E-state index contributed by atoms with van der Waals surface area (Å²) < 4.78 is 43.2. The predicted molar refractivity (Wildman–Crippen MR) is 134 cm³/mol. The molecule has 2 aromatic carbocycles. The lowest BCUT2D eigenvalue weighted by Crippen LogP contribution is -2.19. The van der Waals surface area contributed by atoms with Crippen molar-refractivity contribution in [2.45, 2.75) is 30.8 Å². The number of furan rings is 1. The molecular weight excluding hydrogens is 464 g/mol. The first-order valence-corrected chi connectivity index (χ1v) is 13.4. The first kappa shape index (κ1) is 23.6. The highest BCUT2D eigenvalue weighted by Gasteiger charge is 2.47. The van der Waals surface area contributed by atoms with Crippen LogP contribution in [-0.2, 0) is 21.2 Å². The molecule has 7 heteroatoms. The van der Waals surface area contributed by atoms with Crippen LogP contribution >= 0.6 is 0 Å². The molecule has 0 radical (unpaired) electrons. The van der Waals surface area contributed by atoms with Crippen molar-refractivity contribution in [2.24, 2.45) is 0 Å². The maximum absolute atomic E-state index is 12.8. The van der Waals surface area contributed by atoms with E-state index < -0.39 is 15.1 Å². The number of aliphatic hydroxyl groups is 1. The zero-order valence-corrected chi connectivity index (χ0v) is 20.1. The van der Waals surface area contributed by atoms with Gasteiger partial charge in [0.1, 0.15) is 35.7 Å². The van der Waals surface area contributed by atoms with E-state index in [1.54, 1.807) is 6.07 Å². The van der Waals surface area contributed by atoms with E-state index in [-0.39, 0.29) is 31.7 Å². The average molecular weight is 493 g/mol. The summed E-state index contributed by atoms with van der Waals surface area (Å²) in [5, 5.41) is 8.74. The highest BCUT2D eigenvalue weighted by Crippen LogP contribution is 2.39. The number of hydrogen-bond acceptors (Lipinski definition) is 6. The van der Waals surface area contributed by atoms with E-state index >= 15 is 0 Å². The van der Waals surface area contributed by atoms with Crippen LogP contribution in [0.2, 0.25) is 0 Å². The van der Waals surface area contributed by atoms with Crippen LogP contribution in [0.1, 0.15) is 29.9 Å². The van der Waals surface area contributed by atoms with Gasteiger partial charge in [-0.2, -0.15) is 0 Å². The van der Waals surface area contributed by atoms with Crippen molar-refractivity contribution >= 4 is 21.5 Å². The Labute approximate surface area is 205 Å². The second kappa shape index (κ2) is 10.2. The van der Waals surface area contributed by atoms with Crippen molar-refractivity contribution < 1.29 is 27.4 Å². The van der Waals surface area contributed by atoms with Crippen LogP contribution in [0.4, 0.5) is 0 Å². The lowest BCUT2D eigenvalue weighted by molar-refractivity contribution is 0.118. The first-order chi connectivity index (χ1) is 17.0. The van der Waals surface area contributed by atoms with Gasteiger partial charge in [0, 0.05) is 0 Å². The van der Waals surface area contributed by atoms with Crippen molar-refractivity contribution in [1.29, 1.82) is 0 Å². The van der Waals surface area contributed by atoms with Crippen molar-refractivity contribution in [3.8, 4) is 5.75 Å². The molecule has 0 amide bonds. The van der Waals surface area contributed by atoms with Gasteiger partial charge < -0.3 is 19.0 Å². The van der Waals surface area contributed by atoms with E-state index in [0.29, 0.717) is 30.1 Å². The monoisotopic (exact) mass is 492 g/mol. The highest BCUT2D eigenvalue weighted by molar-refractivity contribution is 7.92. The van der Waals surface area contributed by atoms with Crippen molar-refractivity contribution in [3.63, 3.8) is 0 Å². The van der Waals surface area contributed by atoms with Crippen molar-refractivity contribution in [1.82, 2.24) is 0 Å². The summed E-state index contributed by atoms with van der Waals surface area (Å²) in [6.45, 7) is 0.286. The van der Waals surface area contributed by atoms with Gasteiger partial charge >= 0.3 is 0 Å². The predicted octanol–water partition coefficient (Wildman–Crippen LogP) is 4.66. The Kier molecular flexibility index (Phi) is 6.90. The van der Waals surface area contributed by atoms with Crippen LogP contribution < -0.4 is 4.74 Å². The number of sulfone groups is 1. The number of rotatable bonds is 9. The minimum atomic E-state index is -3.28. The largest absolute Gasteiger partial charge is 0.489 e. The Bertz CT molecular complexity index is 1320. The molecule has 2 aliphatic rings. The van der Waals surface area contributed by atoms with E-state index in [1.807, 2.05) is 72.8 Å². The van der Waals surface area contributed by atoms with Crippen molar-refractivity contribution in [2.75, 3.05) is 19.0 Å². The SMILES string of the molecule is O=S1(=O)CC(COc2ccccc2)=C2[C@@H](CC/C(=C/c3ccc(CO)o3)c3ccccc3)OC[C@@H]21. The van der Waals surface area contributed by atoms with E-state index in [4.69, 9.17) is 13.9 Å². The molecule has 35 heavy (non-hydrogen) atoms. The number of benzene rings is 2. The van der Waals surface area contributed by atoms with Crippen LogP contribution in [0.25, 0.3) is 11.6 Å². The van der Waals surface area contributed by atoms with E-state index in [1.165, 1.54) is 0 Å². The molecular formula is C28H28O6S. The average Bonchev–Trinajstić information content (AvgIpc) is 3.58. The molecule has 1 N–H and O–H groups in total. The minimum Gasteiger partial charge on any atom is -0.489 e. The number of para-hydroxylation sites is 1. The van der Waals surface area contributed by atoms with Gasteiger partial charge in [0.2, 0.25) is 0 Å². The number of hydrogen-bond donors (Lipinski definition) is 1. The molecule has 3 aromatic rings. The molecule has 0 unspecified atom stereocenters. The van der Waals surface area contributed by atoms with Crippen LogP contribution in [0.3, 0.4) is 0 Å². The Morgan fingerprint density at radius 2 is 1.77 bits per heavy atom. The molecule has 2 aliphatic heterocycles. The summed E-state index contributed by atoms with van der Waals surface area (Å²) in [4.78, 5) is 0. The Morgan fingerprint density at radius 3 is 2.49 bits per heavy atom. The Morgan fingerprint density at radius 1 is 1.03 bits per heavy atom. The zero-order chi connectivity index (χ0) is 24.3. The van der Waals surface area contributed by atoms with Crippen LogP contribution in [-0.4, -0.2) is 43.8 Å². The van der Waals surface area contributed by atoms with Crippen LogP contribution in [0.5, 0.6) is 5.75 Å². The quantitative estimate of drug-likeness (QED) is 0.437. The second-order valence-corrected chi connectivity index (χ2v) is 11.0. The molecule has 0 aliphatic carbocycles. The molecule has 0 saturated carbocycles. The topological polar surface area (TPSA) is 86.0 Å². The Balaban J connectivity index is 1.37. The molecule has 6 nitrogen and oxygen atoms in total. The van der Waals surface area contributed by atoms with Gasteiger partial charge in [0.05, 0.1) is 18.5 Å². The lowest BCUT2D eigenvalue weighted by Gasteiger charge is -2.16. The molecule has 5 rings (SSSR count). The first-order valence-electron chi connectivity index (χ1n) is 11.7. The summed E-state index contributed by atoms with van der Waals surface area (Å²) in [6.07, 6.45) is 3.01. The van der Waals surface area contributed by atoms with Gasteiger partial charge in [-0.3, -0.25) is 0 Å². The zero-order valence-electron chi connectivity index (χ0n) is 19.3. The fourth-order valence-corrected chi connectivity index (χ4v) is 6.72. The molecule has 1 fully saturated rings. The normalized spacial score (nSPS) is 21.3. The fourth-order valence-electron chi connectivity index (χ4n) is 4.79. The van der Waals surface area contributed by atoms with Crippen LogP contribution in [0.15, 0.2) is 88.4 Å². The third kappa shape index (κ3) is 5.27. The molecule has 0 bridgehead atoms. The molecule has 3 heterocycles. The number of fused-ring (bicyclic) bond motifs is 1. The minimum absolute atomic E-state index is 0.0252. The highest BCUT2D eigenvalue weighted by atomic mass is 32.2. The third-order valence-corrected chi connectivity index (χ3v) is 8.50. The summed E-state index contributed by atoms with van der Waals surface area (Å²) in [7, 11) is -3.28. The van der Waals surface area contributed by atoms with E-state index in [2.05, 4.69) is 0 Å². The maximum atomic E-state index is 12.8. The molecule has 1 saturated heterocycles. The number of ether oxygens (including phenoxy) is 2. The standard InChI is InChI=1S/C28H28O6S/c29-16-25-13-12-24(34-25)15-21(20-7-3-1-4-8-20)11-14-26-28-22(17-32-23-9-5-2-6-10-23)19-35(30,31)27(28)18-33-26/h1-10,12-13,15,26-27,29H,11,14,16-19H2/b21-15-/t26-,27+/m1/s1. The molecule has 0 spiro atoms. The van der Waals surface area contributed by atoms with E-state index in [9.17, 15) is 13.5 Å². The summed E-state index contributed by atoms with van der Waals surface area (Å²) in [5.41, 5.74) is 3.80. The van der Waals surface area contributed by atoms with Crippen molar-refractivity contribution in [3.05, 3.63) is 101 Å². The second-order valence-electron chi connectivity index (χ2n) is 8.81. The van der Waals surface area contributed by atoms with Crippen LogP contribution in [0, 0.1) is 0 Å². The summed E-state index contributed by atoms with van der Waals surface area (Å²) >= 11 is 0. The lowest BCUT2D eigenvalue weighted by atomic mass is 9.94. The number of allylic oxidation sites excluding steroid dienone is 1. The molecule has 182 valence electrons. The maximum Gasteiger partial charge on any atom is 0.163 e. The van der Waals surface area contributed by atoms with E-state index in [0.717, 1.165) is 22.3 Å². The molecule has 2 atom stereocenters. The molecule has 1 aromatic heterocycles. The smallest absolute Gasteiger partial charge is 0.163 e. The van der Waals surface area contributed by atoms with Gasteiger partial charge in [0.15, 0.2) is 9.84 Å². The van der Waals surface area contributed by atoms with Gasteiger partial charge in [-0.05, 0) is 65.5 Å². The van der Waals surface area contributed by atoms with Gasteiger partial charge in [0.25, 0.3) is 0 Å². The number of aliphatic hydroxyl groups excluding tert-OH is 1. The van der Waals surface area contributed by atoms with Gasteiger partial charge in [-0.25, -0.2) is 8.42 Å². The fraction of sp³-hybridized carbons (Fsp3) is 0.286. The summed E-state index contributed by atoms with van der Waals surface area (Å²) in [6, 6.07) is 23.0. The van der Waals surface area contributed by atoms with Gasteiger partial charge in [-0.1, -0.05) is 48.5 Å². The Hall–Kier alpha value is -3.13. The summed E-state index contributed by atoms with van der Waals surface area (Å²) in [5.74, 6) is 1.91. The third-order valence-electron chi connectivity index (χ3n) is 6.49. The van der Waals surface area contributed by atoms with Gasteiger partial charge in [-0.15, -0.1) is 0 Å².